The van der Waals surface area contributed by atoms with Crippen molar-refractivity contribution in [3.8, 4) is 11.7 Å². The lowest BCUT2D eigenvalue weighted by atomic mass is 10.4. The van der Waals surface area contributed by atoms with Gasteiger partial charge < -0.3 is 10.5 Å². The molecule has 0 saturated carbocycles. The maximum atomic E-state index is 11.5. The van der Waals surface area contributed by atoms with Gasteiger partial charge in [0.1, 0.15) is 16.8 Å². The van der Waals surface area contributed by atoms with Gasteiger partial charge in [-0.3, -0.25) is 4.79 Å². The lowest BCUT2D eigenvalue weighted by Crippen LogP contribution is -2.17. The van der Waals surface area contributed by atoms with E-state index in [1.807, 2.05) is 0 Å². The molecule has 0 bridgehead atoms. The van der Waals surface area contributed by atoms with E-state index < -0.39 is 5.91 Å². The third-order valence-electron chi connectivity index (χ3n) is 2.35. The molecule has 21 heavy (non-hydrogen) atoms. The van der Waals surface area contributed by atoms with Crippen LogP contribution in [0.1, 0.15) is 10.5 Å². The number of aromatic nitrogens is 3. The van der Waals surface area contributed by atoms with Gasteiger partial charge >= 0.3 is 0 Å². The average molecular weight is 348 g/mol. The highest BCUT2D eigenvalue weighted by molar-refractivity contribution is 6.55. The molecule has 2 N–H and O–H groups in total. The molecular formula is C12H9Cl3N4O2. The summed E-state index contributed by atoms with van der Waals surface area (Å²) < 4.78 is 6.58. The van der Waals surface area contributed by atoms with Crippen molar-refractivity contribution in [1.29, 1.82) is 0 Å². The zero-order valence-electron chi connectivity index (χ0n) is 10.5. The van der Waals surface area contributed by atoms with Crippen molar-refractivity contribution in [3.63, 3.8) is 0 Å². The fraction of sp³-hybridized carbons (Fsp3) is 0.0833. The molecule has 110 valence electrons. The van der Waals surface area contributed by atoms with Gasteiger partial charge in [-0.1, -0.05) is 34.8 Å². The molecule has 0 atom stereocenters. The van der Waals surface area contributed by atoms with E-state index in [0.29, 0.717) is 5.02 Å². The van der Waals surface area contributed by atoms with E-state index in [9.17, 15) is 4.79 Å². The van der Waals surface area contributed by atoms with E-state index in [4.69, 9.17) is 45.3 Å². The Balaban J connectivity index is 2.37. The number of carbonyl (C=O) groups is 1. The van der Waals surface area contributed by atoms with E-state index in [2.05, 4.69) is 10.1 Å². The van der Waals surface area contributed by atoms with Crippen molar-refractivity contribution in [2.45, 2.75) is 0 Å². The van der Waals surface area contributed by atoms with Crippen molar-refractivity contribution < 1.29 is 9.53 Å². The first kappa shape index (κ1) is 15.6. The van der Waals surface area contributed by atoms with Crippen molar-refractivity contribution >= 4 is 40.7 Å². The van der Waals surface area contributed by atoms with Crippen molar-refractivity contribution in [1.82, 2.24) is 14.8 Å². The van der Waals surface area contributed by atoms with Gasteiger partial charge in [0.15, 0.2) is 5.82 Å². The van der Waals surface area contributed by atoms with Gasteiger partial charge in [0.2, 0.25) is 5.88 Å². The van der Waals surface area contributed by atoms with E-state index in [1.54, 1.807) is 12.1 Å². The molecule has 0 saturated heterocycles. The van der Waals surface area contributed by atoms with Crippen molar-refractivity contribution in [2.24, 2.45) is 5.73 Å². The summed E-state index contributed by atoms with van der Waals surface area (Å²) in [5.41, 5.74) is 5.40. The summed E-state index contributed by atoms with van der Waals surface area (Å²) in [5.74, 6) is -0.255. The van der Waals surface area contributed by atoms with Crippen LogP contribution < -0.4 is 10.5 Å². The number of pyridine rings is 1. The zero-order chi connectivity index (χ0) is 15.4. The standard InChI is InChI=1S/C12H9Cl3N4O2/c13-7-2-1-4-17-12(7)19-8(11(16)20)6-10(18-19)21-5-3-9(14)15/h1-4,6H,5H2,(H2,16,20). The Morgan fingerprint density at radius 2 is 2.24 bits per heavy atom. The minimum Gasteiger partial charge on any atom is -0.472 e. The second kappa shape index (κ2) is 6.80. The first-order chi connectivity index (χ1) is 9.99. The Labute approximate surface area is 135 Å². The van der Waals surface area contributed by atoms with Crippen LogP contribution in [-0.2, 0) is 0 Å². The Bertz CT molecular complexity index is 696. The van der Waals surface area contributed by atoms with Gasteiger partial charge in [0.05, 0.1) is 5.02 Å². The molecule has 9 heteroatoms. The highest BCUT2D eigenvalue weighted by atomic mass is 35.5. The van der Waals surface area contributed by atoms with Crippen LogP contribution in [0.5, 0.6) is 5.88 Å². The van der Waals surface area contributed by atoms with E-state index in [1.165, 1.54) is 23.0 Å². The van der Waals surface area contributed by atoms with Crippen LogP contribution in [0.3, 0.4) is 0 Å². The van der Waals surface area contributed by atoms with Crippen LogP contribution in [0, 0.1) is 0 Å². The number of rotatable bonds is 5. The topological polar surface area (TPSA) is 83.0 Å². The summed E-state index contributed by atoms with van der Waals surface area (Å²) in [6.07, 6.45) is 2.95. The molecule has 0 fully saturated rings. The number of hydrogen-bond acceptors (Lipinski definition) is 4. The van der Waals surface area contributed by atoms with Gasteiger partial charge in [-0.2, -0.15) is 0 Å². The SMILES string of the molecule is NC(=O)c1cc(OCC=C(Cl)Cl)nn1-c1ncccc1Cl. The number of amides is 1. The Kier molecular flexibility index (Phi) is 5.06. The molecule has 0 radical (unpaired) electrons. The summed E-state index contributed by atoms with van der Waals surface area (Å²) in [6, 6.07) is 4.65. The predicted molar refractivity (Wildman–Crippen MR) is 80.2 cm³/mol. The van der Waals surface area contributed by atoms with Crippen LogP contribution in [0.2, 0.25) is 5.02 Å². The van der Waals surface area contributed by atoms with E-state index in [-0.39, 0.29) is 28.5 Å². The second-order valence-corrected chi connectivity index (χ2v) is 5.17. The molecule has 0 unspecified atom stereocenters. The molecule has 2 rings (SSSR count). The van der Waals surface area contributed by atoms with Crippen LogP contribution in [0.25, 0.3) is 5.82 Å². The lowest BCUT2D eigenvalue weighted by molar-refractivity contribution is 0.0992. The normalized spacial score (nSPS) is 10.2. The summed E-state index contributed by atoms with van der Waals surface area (Å²) in [5, 5.41) is 4.41. The molecule has 1 amide bonds. The van der Waals surface area contributed by atoms with Crippen molar-refractivity contribution in [2.75, 3.05) is 6.61 Å². The molecule has 6 nitrogen and oxygen atoms in total. The Morgan fingerprint density at radius 3 is 2.86 bits per heavy atom. The largest absolute Gasteiger partial charge is 0.472 e. The van der Waals surface area contributed by atoms with Gasteiger partial charge in [0.25, 0.3) is 5.91 Å². The summed E-state index contributed by atoms with van der Waals surface area (Å²) in [6.45, 7) is 0.0908. The number of hydrogen-bond donors (Lipinski definition) is 1. The smallest absolute Gasteiger partial charge is 0.267 e. The summed E-state index contributed by atoms with van der Waals surface area (Å²) >= 11 is 17.0. The number of primary amides is 1. The quantitative estimate of drug-likeness (QED) is 0.901. The fourth-order valence-corrected chi connectivity index (χ4v) is 1.82. The first-order valence-electron chi connectivity index (χ1n) is 5.63. The van der Waals surface area contributed by atoms with Gasteiger partial charge in [-0.25, -0.2) is 9.67 Å². The fourth-order valence-electron chi connectivity index (χ4n) is 1.49. The third kappa shape index (κ3) is 3.87. The molecule has 0 aromatic carbocycles. The maximum Gasteiger partial charge on any atom is 0.267 e. The maximum absolute atomic E-state index is 11.5. The number of halogens is 3. The molecule has 2 aromatic heterocycles. The summed E-state index contributed by atoms with van der Waals surface area (Å²) in [4.78, 5) is 15.5. The molecule has 0 aliphatic carbocycles. The molecule has 2 aromatic rings. The molecule has 0 aliphatic rings. The summed E-state index contributed by atoms with van der Waals surface area (Å²) in [7, 11) is 0. The number of carbonyl (C=O) groups excluding carboxylic acids is 1. The zero-order valence-corrected chi connectivity index (χ0v) is 12.7. The Morgan fingerprint density at radius 1 is 1.48 bits per heavy atom. The van der Waals surface area contributed by atoms with Crippen LogP contribution >= 0.6 is 34.8 Å². The Hall–Kier alpha value is -1.76. The van der Waals surface area contributed by atoms with Crippen LogP contribution in [-0.4, -0.2) is 27.3 Å². The number of nitrogens with zero attached hydrogens (tertiary/aromatic N) is 3. The lowest BCUT2D eigenvalue weighted by Gasteiger charge is -2.04. The van der Waals surface area contributed by atoms with E-state index >= 15 is 0 Å². The van der Waals surface area contributed by atoms with Crippen LogP contribution in [0.15, 0.2) is 35.0 Å². The number of nitrogens with two attached hydrogens (primary N) is 1. The highest BCUT2D eigenvalue weighted by Crippen LogP contribution is 2.21. The molecule has 0 aliphatic heterocycles. The van der Waals surface area contributed by atoms with E-state index in [0.717, 1.165) is 0 Å². The molecule has 0 spiro atoms. The average Bonchev–Trinajstić information content (AvgIpc) is 2.83. The van der Waals surface area contributed by atoms with Gasteiger partial charge in [0, 0.05) is 12.3 Å². The highest BCUT2D eigenvalue weighted by Gasteiger charge is 2.17. The minimum atomic E-state index is -0.690. The van der Waals surface area contributed by atoms with Gasteiger partial charge in [-0.15, -0.1) is 5.10 Å². The molecular weight excluding hydrogens is 339 g/mol. The molecule has 2 heterocycles. The van der Waals surface area contributed by atoms with Crippen molar-refractivity contribution in [3.05, 3.63) is 45.7 Å². The minimum absolute atomic E-state index is 0.0670. The monoisotopic (exact) mass is 346 g/mol. The van der Waals surface area contributed by atoms with Crippen LogP contribution in [0.4, 0.5) is 0 Å². The second-order valence-electron chi connectivity index (χ2n) is 3.76. The third-order valence-corrected chi connectivity index (χ3v) is 2.95. The first-order valence-corrected chi connectivity index (χ1v) is 6.77. The van der Waals surface area contributed by atoms with Gasteiger partial charge in [-0.05, 0) is 18.2 Å². The number of ether oxygens (including phenoxy) is 1. The predicted octanol–water partition coefficient (Wildman–Crippen LogP) is 2.72.